The van der Waals surface area contributed by atoms with Crippen LogP contribution in [0.2, 0.25) is 0 Å². The van der Waals surface area contributed by atoms with Crippen LogP contribution < -0.4 is 0 Å². The number of rotatable bonds is 10. The van der Waals surface area contributed by atoms with Gasteiger partial charge in [-0.25, -0.2) is 0 Å². The summed E-state index contributed by atoms with van der Waals surface area (Å²) in [5.41, 5.74) is 6.02. The minimum atomic E-state index is 0. The molecule has 0 saturated heterocycles. The quantitative estimate of drug-likeness (QED) is 0.0998. The second kappa shape index (κ2) is 16.3. The number of thiophene rings is 1. The van der Waals surface area contributed by atoms with E-state index in [0.717, 1.165) is 48.9 Å². The summed E-state index contributed by atoms with van der Waals surface area (Å²) in [4.78, 5) is 16.4. The van der Waals surface area contributed by atoms with Crippen molar-refractivity contribution >= 4 is 37.3 Å². The molecule has 0 unspecified atom stereocenters. The van der Waals surface area contributed by atoms with Gasteiger partial charge in [0.15, 0.2) is 5.78 Å². The van der Waals surface area contributed by atoms with Crippen molar-refractivity contribution in [1.29, 1.82) is 0 Å². The summed E-state index contributed by atoms with van der Waals surface area (Å²) in [6, 6.07) is 16.7. The summed E-state index contributed by atoms with van der Waals surface area (Å²) >= 11 is 1.88. The number of hydrogen-bond acceptors (Lipinski definition) is 4. The first-order valence-electron chi connectivity index (χ1n) is 14.9. The van der Waals surface area contributed by atoms with Crippen molar-refractivity contribution in [1.82, 2.24) is 4.98 Å². The van der Waals surface area contributed by atoms with Crippen LogP contribution in [0.5, 0.6) is 0 Å². The number of nitrogens with zero attached hydrogens (tertiary/aromatic N) is 1. The van der Waals surface area contributed by atoms with Crippen molar-refractivity contribution in [2.24, 2.45) is 17.8 Å². The fraction of sp³-hybridized carbons (Fsp3) is 0.444. The van der Waals surface area contributed by atoms with Crippen molar-refractivity contribution in [2.75, 3.05) is 0 Å². The molecule has 0 atom stereocenters. The third-order valence-electron chi connectivity index (χ3n) is 7.61. The number of ketones is 1. The number of allylic oxidation sites excluding steroid dienone is 2. The molecule has 4 rings (SSSR count). The zero-order chi connectivity index (χ0) is 29.4. The van der Waals surface area contributed by atoms with Crippen molar-refractivity contribution in [3.8, 4) is 11.3 Å². The van der Waals surface area contributed by atoms with Gasteiger partial charge in [-0.1, -0.05) is 73.6 Å². The molecule has 0 aliphatic rings. The average molecular weight is 749 g/mol. The molecule has 4 aromatic rings. The van der Waals surface area contributed by atoms with E-state index >= 15 is 0 Å². The number of aromatic nitrogens is 1. The van der Waals surface area contributed by atoms with Gasteiger partial charge in [-0.05, 0) is 60.4 Å². The SMILES string of the molecule is CCC(CC)C(=O)/C=C(\O)C(CC)CC.Cc1[c-]c(-c2nccc3c2sc2c(CC(C)C)cccc23)cc(C)c1.[Ir]. The van der Waals surface area contributed by atoms with Crippen LogP contribution in [0.1, 0.15) is 83.9 Å². The number of aryl methyl sites for hydroxylation is 2. The van der Waals surface area contributed by atoms with Crippen LogP contribution in [-0.4, -0.2) is 15.9 Å². The summed E-state index contributed by atoms with van der Waals surface area (Å²) in [6.07, 6.45) is 7.95. The van der Waals surface area contributed by atoms with Gasteiger partial charge in [0.05, 0.1) is 5.76 Å². The van der Waals surface area contributed by atoms with E-state index in [1.165, 1.54) is 37.4 Å². The van der Waals surface area contributed by atoms with Crippen molar-refractivity contribution in [2.45, 2.75) is 87.5 Å². The Balaban J connectivity index is 0.000000320. The number of carbonyl (C=O) groups is 1. The summed E-state index contributed by atoms with van der Waals surface area (Å²) in [6.45, 7) is 16.9. The Morgan fingerprint density at radius 1 is 0.951 bits per heavy atom. The fourth-order valence-electron chi connectivity index (χ4n) is 5.38. The molecule has 0 bridgehead atoms. The standard InChI is InChI=1S/C23H22NS.C13H24O2.Ir/c1-14(2)10-17-6-5-7-19-20-8-9-24-21(23(20)25-22(17)19)18-12-15(3)11-16(4)13-18;1-5-10(6-2)12(14)9-13(15)11(7-3)8-4;/h5-9,11-12,14H,10H2,1-4H3;9-11,14H,5-8H2,1-4H3;/q-1;;/b;12-9-;. The number of pyridine rings is 1. The molecule has 2 aromatic carbocycles. The van der Waals surface area contributed by atoms with E-state index in [9.17, 15) is 9.90 Å². The van der Waals surface area contributed by atoms with Crippen LogP contribution in [0.4, 0.5) is 0 Å². The smallest absolute Gasteiger partial charge is 0.162 e. The first-order chi connectivity index (χ1) is 19.1. The van der Waals surface area contributed by atoms with Gasteiger partial charge >= 0.3 is 0 Å². The molecular formula is C36H46IrNO2S-. The van der Waals surface area contributed by atoms with Crippen LogP contribution in [0, 0.1) is 37.7 Å². The van der Waals surface area contributed by atoms with Gasteiger partial charge in [-0.15, -0.1) is 46.2 Å². The molecule has 223 valence electrons. The summed E-state index contributed by atoms with van der Waals surface area (Å²) in [5.74, 6) is 1.20. The molecule has 1 N–H and O–H groups in total. The molecule has 0 fully saturated rings. The van der Waals surface area contributed by atoms with Crippen molar-refractivity contribution in [3.63, 3.8) is 0 Å². The van der Waals surface area contributed by atoms with Crippen LogP contribution in [0.15, 0.2) is 54.4 Å². The van der Waals surface area contributed by atoms with E-state index in [2.05, 4.69) is 70.2 Å². The summed E-state index contributed by atoms with van der Waals surface area (Å²) < 4.78 is 2.68. The molecule has 2 aromatic heterocycles. The zero-order valence-electron chi connectivity index (χ0n) is 25.9. The van der Waals surface area contributed by atoms with Gasteiger partial charge in [0.1, 0.15) is 0 Å². The monoisotopic (exact) mass is 749 g/mol. The van der Waals surface area contributed by atoms with Crippen LogP contribution in [0.3, 0.4) is 0 Å². The molecule has 0 amide bonds. The van der Waals surface area contributed by atoms with E-state index < -0.39 is 0 Å². The van der Waals surface area contributed by atoms with Crippen molar-refractivity contribution < 1.29 is 30.0 Å². The molecule has 0 aliphatic heterocycles. The Morgan fingerprint density at radius 2 is 1.59 bits per heavy atom. The van der Waals surface area contributed by atoms with Gasteiger partial charge in [0, 0.05) is 59.3 Å². The van der Waals surface area contributed by atoms with Gasteiger partial charge in [0.25, 0.3) is 0 Å². The molecule has 0 saturated carbocycles. The minimum Gasteiger partial charge on any atom is -0.512 e. The molecule has 2 heterocycles. The molecular weight excluding hydrogens is 703 g/mol. The van der Waals surface area contributed by atoms with Crippen molar-refractivity contribution in [3.05, 3.63) is 77.2 Å². The second-order valence-corrected chi connectivity index (χ2v) is 12.3. The third kappa shape index (κ3) is 8.83. The van der Waals surface area contributed by atoms with E-state index in [1.54, 1.807) is 0 Å². The van der Waals surface area contributed by atoms with Crippen LogP contribution in [0.25, 0.3) is 31.4 Å². The Hall–Kier alpha value is -2.33. The van der Waals surface area contributed by atoms with Gasteiger partial charge in [0.2, 0.25) is 0 Å². The normalized spacial score (nSPS) is 11.7. The van der Waals surface area contributed by atoms with E-state index in [-0.39, 0.29) is 43.5 Å². The van der Waals surface area contributed by atoms with E-state index in [4.69, 9.17) is 4.98 Å². The number of aliphatic hydroxyl groups excluding tert-OH is 1. The Labute approximate surface area is 264 Å². The average Bonchev–Trinajstić information content (AvgIpc) is 3.29. The predicted molar refractivity (Wildman–Crippen MR) is 173 cm³/mol. The van der Waals surface area contributed by atoms with Gasteiger partial charge < -0.3 is 10.1 Å². The fourth-order valence-corrected chi connectivity index (χ4v) is 6.70. The molecule has 41 heavy (non-hydrogen) atoms. The molecule has 0 spiro atoms. The van der Waals surface area contributed by atoms with Gasteiger partial charge in [-0.2, -0.15) is 0 Å². The van der Waals surface area contributed by atoms with Crippen LogP contribution in [-0.2, 0) is 31.3 Å². The molecule has 1 radical (unpaired) electrons. The maximum Gasteiger partial charge on any atom is 0.162 e. The topological polar surface area (TPSA) is 50.2 Å². The molecule has 3 nitrogen and oxygen atoms in total. The maximum atomic E-state index is 11.7. The Morgan fingerprint density at radius 3 is 2.17 bits per heavy atom. The minimum absolute atomic E-state index is 0. The van der Waals surface area contributed by atoms with E-state index in [0.29, 0.717) is 5.92 Å². The first-order valence-corrected chi connectivity index (χ1v) is 15.7. The number of hydrogen-bond donors (Lipinski definition) is 1. The largest absolute Gasteiger partial charge is 0.512 e. The summed E-state index contributed by atoms with van der Waals surface area (Å²) in [5, 5.41) is 12.4. The number of benzene rings is 2. The third-order valence-corrected chi connectivity index (χ3v) is 8.91. The first kappa shape index (κ1) is 34.9. The predicted octanol–water partition coefficient (Wildman–Crippen LogP) is 10.6. The number of aliphatic hydroxyl groups is 1. The maximum absolute atomic E-state index is 11.7. The Kier molecular flexibility index (Phi) is 13.9. The van der Waals surface area contributed by atoms with Crippen LogP contribution >= 0.6 is 11.3 Å². The van der Waals surface area contributed by atoms with E-state index in [1.807, 2.05) is 45.2 Å². The molecule has 0 aliphatic carbocycles. The zero-order valence-corrected chi connectivity index (χ0v) is 29.1. The second-order valence-electron chi connectivity index (χ2n) is 11.3. The molecule has 5 heteroatoms. The number of fused-ring (bicyclic) bond motifs is 3. The summed E-state index contributed by atoms with van der Waals surface area (Å²) in [7, 11) is 0. The number of carbonyl (C=O) groups excluding carboxylic acids is 1. The van der Waals surface area contributed by atoms with Gasteiger partial charge in [-0.3, -0.25) is 4.79 Å². The Bertz CT molecular complexity index is 1440.